The fourth-order valence-corrected chi connectivity index (χ4v) is 4.28. The average Bonchev–Trinajstić information content (AvgIpc) is 2.86. The number of pyridine rings is 1. The normalized spacial score (nSPS) is 10.9. The van der Waals surface area contributed by atoms with Gasteiger partial charge in [0.15, 0.2) is 0 Å². The Kier molecular flexibility index (Phi) is 4.37. The van der Waals surface area contributed by atoms with Crippen molar-refractivity contribution in [2.24, 2.45) is 0 Å². The van der Waals surface area contributed by atoms with Crippen LogP contribution in [0.15, 0.2) is 45.7 Å². The van der Waals surface area contributed by atoms with E-state index in [0.29, 0.717) is 16.0 Å². The van der Waals surface area contributed by atoms with Crippen molar-refractivity contribution >= 4 is 43.5 Å². The van der Waals surface area contributed by atoms with Gasteiger partial charge in [0.05, 0.1) is 16.8 Å². The van der Waals surface area contributed by atoms with Crippen LogP contribution in [-0.4, -0.2) is 17.1 Å². The Bertz CT molecular complexity index is 941. The monoisotopic (exact) mass is 391 g/mol. The molecule has 0 unspecified atom stereocenters. The van der Waals surface area contributed by atoms with E-state index in [2.05, 4.69) is 15.9 Å². The van der Waals surface area contributed by atoms with Crippen molar-refractivity contribution < 1.29 is 9.53 Å². The molecule has 0 radical (unpaired) electrons. The third kappa shape index (κ3) is 2.84. The number of halogens is 1. The van der Waals surface area contributed by atoms with Gasteiger partial charge < -0.3 is 4.74 Å². The quantitative estimate of drug-likeness (QED) is 0.625. The first kappa shape index (κ1) is 16.0. The SMILES string of the molecule is CCOC(=O)c1sc2c(ccc(=O)n2-c2ccc(C)cc2)c1Br. The molecule has 6 heteroatoms. The van der Waals surface area contributed by atoms with Crippen LogP contribution in [0.25, 0.3) is 15.9 Å². The van der Waals surface area contributed by atoms with Gasteiger partial charge in [-0.15, -0.1) is 11.3 Å². The Morgan fingerprint density at radius 2 is 1.91 bits per heavy atom. The van der Waals surface area contributed by atoms with Crippen molar-refractivity contribution in [2.45, 2.75) is 13.8 Å². The highest BCUT2D eigenvalue weighted by molar-refractivity contribution is 9.10. The number of esters is 1. The predicted molar refractivity (Wildman–Crippen MR) is 95.8 cm³/mol. The summed E-state index contributed by atoms with van der Waals surface area (Å²) in [6.45, 7) is 4.07. The molecule has 3 rings (SSSR count). The minimum Gasteiger partial charge on any atom is -0.462 e. The zero-order valence-corrected chi connectivity index (χ0v) is 15.0. The van der Waals surface area contributed by atoms with Crippen molar-refractivity contribution in [3.8, 4) is 5.69 Å². The van der Waals surface area contributed by atoms with E-state index in [1.165, 1.54) is 17.4 Å². The van der Waals surface area contributed by atoms with Crippen LogP contribution in [0.5, 0.6) is 0 Å². The van der Waals surface area contributed by atoms with E-state index >= 15 is 0 Å². The average molecular weight is 392 g/mol. The number of aryl methyl sites for hydroxylation is 1. The second-order valence-electron chi connectivity index (χ2n) is 5.03. The summed E-state index contributed by atoms with van der Waals surface area (Å²) in [4.78, 5) is 25.6. The summed E-state index contributed by atoms with van der Waals surface area (Å²) in [5.41, 5.74) is 1.76. The molecule has 3 aromatic rings. The lowest BCUT2D eigenvalue weighted by atomic mass is 10.2. The van der Waals surface area contributed by atoms with Gasteiger partial charge in [-0.1, -0.05) is 17.7 Å². The Labute approximate surface area is 145 Å². The number of nitrogens with zero attached hydrogens (tertiary/aromatic N) is 1. The van der Waals surface area contributed by atoms with E-state index < -0.39 is 0 Å². The molecule has 0 fully saturated rings. The van der Waals surface area contributed by atoms with E-state index in [9.17, 15) is 9.59 Å². The molecule has 0 aliphatic rings. The van der Waals surface area contributed by atoms with Gasteiger partial charge in [-0.25, -0.2) is 4.79 Å². The molecule has 2 aromatic heterocycles. The lowest BCUT2D eigenvalue weighted by Crippen LogP contribution is -2.16. The van der Waals surface area contributed by atoms with Crippen molar-refractivity contribution in [3.05, 3.63) is 61.7 Å². The van der Waals surface area contributed by atoms with Gasteiger partial charge in [0.25, 0.3) is 5.56 Å². The Balaban J connectivity index is 2.28. The molecule has 0 aliphatic carbocycles. The molecule has 0 N–H and O–H groups in total. The van der Waals surface area contributed by atoms with Gasteiger partial charge in [-0.3, -0.25) is 9.36 Å². The van der Waals surface area contributed by atoms with Crippen molar-refractivity contribution in [3.63, 3.8) is 0 Å². The maximum absolute atomic E-state index is 12.4. The van der Waals surface area contributed by atoms with Crippen LogP contribution in [0.3, 0.4) is 0 Å². The first-order valence-corrected chi connectivity index (χ1v) is 8.72. The molecular weight excluding hydrogens is 378 g/mol. The zero-order valence-electron chi connectivity index (χ0n) is 12.6. The maximum Gasteiger partial charge on any atom is 0.349 e. The molecule has 1 aromatic carbocycles. The lowest BCUT2D eigenvalue weighted by Gasteiger charge is -2.07. The number of ether oxygens (including phenoxy) is 1. The summed E-state index contributed by atoms with van der Waals surface area (Å²) in [7, 11) is 0. The van der Waals surface area contributed by atoms with E-state index in [-0.39, 0.29) is 11.5 Å². The Hall–Kier alpha value is -1.92. The van der Waals surface area contributed by atoms with Crippen LogP contribution in [0.2, 0.25) is 0 Å². The smallest absolute Gasteiger partial charge is 0.349 e. The van der Waals surface area contributed by atoms with Gasteiger partial charge in [0, 0.05) is 11.5 Å². The van der Waals surface area contributed by atoms with Crippen LogP contribution in [0.4, 0.5) is 0 Å². The van der Waals surface area contributed by atoms with E-state index in [0.717, 1.165) is 21.5 Å². The van der Waals surface area contributed by atoms with Crippen LogP contribution in [0, 0.1) is 6.92 Å². The number of rotatable bonds is 3. The number of hydrogen-bond acceptors (Lipinski definition) is 4. The fourth-order valence-electron chi connectivity index (χ4n) is 2.32. The van der Waals surface area contributed by atoms with E-state index in [1.54, 1.807) is 17.6 Å². The van der Waals surface area contributed by atoms with Gasteiger partial charge in [-0.05, 0) is 48.0 Å². The first-order valence-electron chi connectivity index (χ1n) is 7.11. The highest BCUT2D eigenvalue weighted by Crippen LogP contribution is 2.36. The second-order valence-corrected chi connectivity index (χ2v) is 6.82. The Morgan fingerprint density at radius 1 is 1.22 bits per heavy atom. The summed E-state index contributed by atoms with van der Waals surface area (Å²) in [5, 5.41) is 0.818. The topological polar surface area (TPSA) is 48.3 Å². The van der Waals surface area contributed by atoms with E-state index in [1.807, 2.05) is 31.2 Å². The molecule has 0 aliphatic heterocycles. The molecule has 0 bridgehead atoms. The largest absolute Gasteiger partial charge is 0.462 e. The van der Waals surface area contributed by atoms with Crippen molar-refractivity contribution in [1.29, 1.82) is 0 Å². The van der Waals surface area contributed by atoms with Gasteiger partial charge in [-0.2, -0.15) is 0 Å². The number of fused-ring (bicyclic) bond motifs is 1. The lowest BCUT2D eigenvalue weighted by molar-refractivity contribution is 0.0531. The molecule has 0 atom stereocenters. The van der Waals surface area contributed by atoms with Crippen LogP contribution in [0.1, 0.15) is 22.2 Å². The predicted octanol–water partition coefficient (Wildman–Crippen LogP) is 4.30. The molecule has 2 heterocycles. The van der Waals surface area contributed by atoms with E-state index in [4.69, 9.17) is 4.74 Å². The molecule has 23 heavy (non-hydrogen) atoms. The third-order valence-corrected chi connectivity index (χ3v) is 5.69. The maximum atomic E-state index is 12.4. The third-order valence-electron chi connectivity index (χ3n) is 3.43. The van der Waals surface area contributed by atoms with Crippen LogP contribution < -0.4 is 5.56 Å². The number of thiophene rings is 1. The number of aromatic nitrogens is 1. The zero-order chi connectivity index (χ0) is 16.6. The van der Waals surface area contributed by atoms with Gasteiger partial charge >= 0.3 is 5.97 Å². The van der Waals surface area contributed by atoms with Gasteiger partial charge in [0.1, 0.15) is 9.71 Å². The molecule has 0 amide bonds. The molecular formula is C17H14BrNO3S. The standard InChI is InChI=1S/C17H14BrNO3S/c1-3-22-17(21)15-14(18)12-8-9-13(20)19(16(12)23-15)11-6-4-10(2)5-7-11/h4-9H,3H2,1-2H3. The number of benzene rings is 1. The highest BCUT2D eigenvalue weighted by atomic mass is 79.9. The number of carbonyl (C=O) groups excluding carboxylic acids is 1. The fraction of sp³-hybridized carbons (Fsp3) is 0.176. The second kappa shape index (κ2) is 6.29. The molecule has 0 saturated carbocycles. The van der Waals surface area contributed by atoms with Gasteiger partial charge in [0.2, 0.25) is 0 Å². The highest BCUT2D eigenvalue weighted by Gasteiger charge is 2.20. The molecule has 118 valence electrons. The van der Waals surface area contributed by atoms with Crippen LogP contribution >= 0.6 is 27.3 Å². The minimum absolute atomic E-state index is 0.134. The van der Waals surface area contributed by atoms with Crippen molar-refractivity contribution in [1.82, 2.24) is 4.57 Å². The summed E-state index contributed by atoms with van der Waals surface area (Å²) in [5.74, 6) is -0.386. The summed E-state index contributed by atoms with van der Waals surface area (Å²) >= 11 is 4.71. The van der Waals surface area contributed by atoms with Crippen LogP contribution in [-0.2, 0) is 4.74 Å². The van der Waals surface area contributed by atoms with Crippen molar-refractivity contribution in [2.75, 3.05) is 6.61 Å². The summed E-state index contributed by atoms with van der Waals surface area (Å²) < 4.78 is 7.37. The summed E-state index contributed by atoms with van der Waals surface area (Å²) in [6, 6.07) is 10.9. The molecule has 4 nitrogen and oxygen atoms in total. The first-order chi connectivity index (χ1) is 11.0. The number of carbonyl (C=O) groups is 1. The minimum atomic E-state index is -0.386. The molecule has 0 spiro atoms. The summed E-state index contributed by atoms with van der Waals surface area (Å²) in [6.07, 6.45) is 0. The Morgan fingerprint density at radius 3 is 2.57 bits per heavy atom. The number of hydrogen-bond donors (Lipinski definition) is 0. The molecule has 0 saturated heterocycles.